The van der Waals surface area contributed by atoms with Crippen molar-refractivity contribution in [1.29, 1.82) is 5.26 Å². The highest BCUT2D eigenvalue weighted by molar-refractivity contribution is 6.09. The summed E-state index contributed by atoms with van der Waals surface area (Å²) in [6, 6.07) is 24.5. The van der Waals surface area contributed by atoms with E-state index in [1.165, 1.54) is 0 Å². The van der Waals surface area contributed by atoms with Gasteiger partial charge in [-0.2, -0.15) is 5.26 Å². The first-order valence-electron chi connectivity index (χ1n) is 7.49. The first-order valence-corrected chi connectivity index (χ1v) is 7.49. The zero-order valence-corrected chi connectivity index (χ0v) is 12.9. The summed E-state index contributed by atoms with van der Waals surface area (Å²) in [5.41, 5.74) is 2.44. The zero-order valence-electron chi connectivity index (χ0n) is 12.9. The molecule has 0 unspecified atom stereocenters. The predicted octanol–water partition coefficient (Wildman–Crippen LogP) is 4.02. The molecule has 2 aromatic carbocycles. The number of nitriles is 1. The molecule has 1 N–H and O–H groups in total. The Morgan fingerprint density at radius 1 is 0.958 bits per heavy atom. The van der Waals surface area contributed by atoms with E-state index in [0.29, 0.717) is 5.69 Å². The van der Waals surface area contributed by atoms with E-state index < -0.39 is 5.91 Å². The van der Waals surface area contributed by atoms with Gasteiger partial charge in [-0.05, 0) is 42.5 Å². The molecule has 0 aliphatic carbocycles. The molecule has 0 aliphatic rings. The largest absolute Gasteiger partial charge is 0.321 e. The quantitative estimate of drug-likeness (QED) is 0.584. The van der Waals surface area contributed by atoms with E-state index in [9.17, 15) is 10.1 Å². The molecule has 3 aromatic rings. The Bertz CT molecular complexity index is 903. The van der Waals surface area contributed by atoms with Gasteiger partial charge in [0, 0.05) is 23.3 Å². The summed E-state index contributed by atoms with van der Waals surface area (Å²) in [5, 5.41) is 12.1. The van der Waals surface area contributed by atoms with Crippen molar-refractivity contribution in [3.05, 3.63) is 90.3 Å². The van der Waals surface area contributed by atoms with Gasteiger partial charge in [-0.15, -0.1) is 0 Å². The molecule has 0 aliphatic heterocycles. The van der Waals surface area contributed by atoms with Crippen molar-refractivity contribution in [2.45, 2.75) is 0 Å². The van der Waals surface area contributed by atoms with Gasteiger partial charge < -0.3 is 9.88 Å². The second kappa shape index (κ2) is 7.12. The maximum atomic E-state index is 12.3. The highest BCUT2D eigenvalue weighted by Gasteiger charge is 2.11. The molecule has 1 aromatic heterocycles. The van der Waals surface area contributed by atoms with Crippen molar-refractivity contribution < 1.29 is 4.79 Å². The average Bonchev–Trinajstić information content (AvgIpc) is 3.09. The molecule has 0 bridgehead atoms. The van der Waals surface area contributed by atoms with Crippen LogP contribution in [0.25, 0.3) is 11.8 Å². The number of aromatic nitrogens is 1. The normalized spacial score (nSPS) is 10.9. The monoisotopic (exact) mass is 313 g/mol. The Morgan fingerprint density at radius 2 is 1.62 bits per heavy atom. The fraction of sp³-hybridized carbons (Fsp3) is 0. The maximum absolute atomic E-state index is 12.3. The molecule has 4 heteroatoms. The van der Waals surface area contributed by atoms with Crippen LogP contribution < -0.4 is 5.32 Å². The molecule has 3 rings (SSSR count). The Labute approximate surface area is 140 Å². The molecule has 116 valence electrons. The van der Waals surface area contributed by atoms with Gasteiger partial charge in [-0.25, -0.2) is 0 Å². The smallest absolute Gasteiger partial charge is 0.266 e. The number of amides is 1. The molecule has 1 heterocycles. The van der Waals surface area contributed by atoms with Gasteiger partial charge in [0.1, 0.15) is 11.6 Å². The molecular formula is C20H15N3O. The van der Waals surface area contributed by atoms with Crippen LogP contribution in [0.15, 0.2) is 84.6 Å². The minimum absolute atomic E-state index is 0.0507. The third-order valence-corrected chi connectivity index (χ3v) is 3.50. The second-order valence-electron chi connectivity index (χ2n) is 5.13. The highest BCUT2D eigenvalue weighted by atomic mass is 16.1. The first kappa shape index (κ1) is 15.3. The molecule has 24 heavy (non-hydrogen) atoms. The lowest BCUT2D eigenvalue weighted by Gasteiger charge is -2.07. The van der Waals surface area contributed by atoms with E-state index >= 15 is 0 Å². The van der Waals surface area contributed by atoms with E-state index in [-0.39, 0.29) is 5.57 Å². The SMILES string of the molecule is N#C/C(=C\c1cccn1-c1ccccc1)C(=O)Nc1ccccc1. The number of para-hydroxylation sites is 2. The fourth-order valence-corrected chi connectivity index (χ4v) is 2.35. The average molecular weight is 313 g/mol. The van der Waals surface area contributed by atoms with E-state index in [4.69, 9.17) is 0 Å². The Balaban J connectivity index is 1.88. The number of benzene rings is 2. The number of hydrogen-bond donors (Lipinski definition) is 1. The summed E-state index contributed by atoms with van der Waals surface area (Å²) in [5.74, 6) is -0.426. The Kier molecular flexibility index (Phi) is 4.55. The molecule has 0 fully saturated rings. The van der Waals surface area contributed by atoms with Gasteiger partial charge >= 0.3 is 0 Å². The topological polar surface area (TPSA) is 57.8 Å². The standard InChI is InChI=1S/C20H15N3O/c21-15-16(20(24)22-17-8-3-1-4-9-17)14-19-12-7-13-23(19)18-10-5-2-6-11-18/h1-14H,(H,22,24)/b16-14+. The molecule has 1 amide bonds. The van der Waals surface area contributed by atoms with Crippen molar-refractivity contribution in [1.82, 2.24) is 4.57 Å². The molecule has 0 saturated heterocycles. The number of rotatable bonds is 4. The minimum Gasteiger partial charge on any atom is -0.321 e. The Hall–Kier alpha value is -3.58. The van der Waals surface area contributed by atoms with Crippen LogP contribution in [-0.4, -0.2) is 10.5 Å². The lowest BCUT2D eigenvalue weighted by Crippen LogP contribution is -2.13. The molecular weight excluding hydrogens is 298 g/mol. The van der Waals surface area contributed by atoms with Crippen molar-refractivity contribution in [2.75, 3.05) is 5.32 Å². The molecule has 0 atom stereocenters. The summed E-state index contributed by atoms with van der Waals surface area (Å²) >= 11 is 0. The number of anilines is 1. The maximum Gasteiger partial charge on any atom is 0.266 e. The number of carbonyl (C=O) groups excluding carboxylic acids is 1. The third kappa shape index (κ3) is 3.42. The fourth-order valence-electron chi connectivity index (χ4n) is 2.35. The number of carbonyl (C=O) groups is 1. The van der Waals surface area contributed by atoms with E-state index in [0.717, 1.165) is 11.4 Å². The van der Waals surface area contributed by atoms with Gasteiger partial charge in [-0.1, -0.05) is 36.4 Å². The first-order chi connectivity index (χ1) is 11.8. The molecule has 0 saturated carbocycles. The molecule has 4 nitrogen and oxygen atoms in total. The van der Waals surface area contributed by atoms with Gasteiger partial charge in [-0.3, -0.25) is 4.79 Å². The van der Waals surface area contributed by atoms with Gasteiger partial charge in [0.25, 0.3) is 5.91 Å². The third-order valence-electron chi connectivity index (χ3n) is 3.50. The summed E-state index contributed by atoms with van der Waals surface area (Å²) < 4.78 is 1.92. The number of nitrogens with one attached hydrogen (secondary N) is 1. The Morgan fingerprint density at radius 3 is 2.29 bits per heavy atom. The lowest BCUT2D eigenvalue weighted by molar-refractivity contribution is -0.112. The molecule has 0 radical (unpaired) electrons. The number of nitrogens with zero attached hydrogens (tertiary/aromatic N) is 2. The van der Waals surface area contributed by atoms with Crippen molar-refractivity contribution in [2.24, 2.45) is 0 Å². The minimum atomic E-state index is -0.426. The van der Waals surface area contributed by atoms with E-state index in [1.807, 2.05) is 77.5 Å². The van der Waals surface area contributed by atoms with Crippen LogP contribution in [0.4, 0.5) is 5.69 Å². The van der Waals surface area contributed by atoms with Crippen LogP contribution in [0.3, 0.4) is 0 Å². The van der Waals surface area contributed by atoms with Crippen LogP contribution in [0, 0.1) is 11.3 Å². The zero-order chi connectivity index (χ0) is 16.8. The second-order valence-corrected chi connectivity index (χ2v) is 5.13. The van der Waals surface area contributed by atoms with Gasteiger partial charge in [0.05, 0.1) is 0 Å². The van der Waals surface area contributed by atoms with Crippen molar-refractivity contribution in [3.8, 4) is 11.8 Å². The summed E-state index contributed by atoms with van der Waals surface area (Å²) in [4.78, 5) is 12.3. The summed E-state index contributed by atoms with van der Waals surface area (Å²) in [6.07, 6.45) is 3.48. The van der Waals surface area contributed by atoms with E-state index in [2.05, 4.69) is 5.32 Å². The van der Waals surface area contributed by atoms with Gasteiger partial charge in [0.2, 0.25) is 0 Å². The van der Waals surface area contributed by atoms with Gasteiger partial charge in [0.15, 0.2) is 0 Å². The predicted molar refractivity (Wildman–Crippen MR) is 94.4 cm³/mol. The number of hydrogen-bond acceptors (Lipinski definition) is 2. The molecule has 0 spiro atoms. The summed E-state index contributed by atoms with van der Waals surface area (Å²) in [7, 11) is 0. The van der Waals surface area contributed by atoms with Crippen molar-refractivity contribution in [3.63, 3.8) is 0 Å². The van der Waals surface area contributed by atoms with Crippen molar-refractivity contribution >= 4 is 17.7 Å². The highest BCUT2D eigenvalue weighted by Crippen LogP contribution is 2.16. The van der Waals surface area contributed by atoms with Crippen LogP contribution >= 0.6 is 0 Å². The lowest BCUT2D eigenvalue weighted by atomic mass is 10.2. The van der Waals surface area contributed by atoms with Crippen LogP contribution in [0.1, 0.15) is 5.69 Å². The van der Waals surface area contributed by atoms with E-state index in [1.54, 1.807) is 18.2 Å². The van der Waals surface area contributed by atoms with Crippen LogP contribution in [0.2, 0.25) is 0 Å². The van der Waals surface area contributed by atoms with Crippen LogP contribution in [-0.2, 0) is 4.79 Å². The van der Waals surface area contributed by atoms with Crippen LogP contribution in [0.5, 0.6) is 0 Å². The summed E-state index contributed by atoms with van der Waals surface area (Å²) in [6.45, 7) is 0.